The third-order valence-corrected chi connectivity index (χ3v) is 15.5. The highest BCUT2D eigenvalue weighted by molar-refractivity contribution is 5.76. The average Bonchev–Trinajstić information content (AvgIpc) is 3.39. The number of carbonyl (C=O) groups excluding carboxylic acids is 2. The highest BCUT2D eigenvalue weighted by Crippen LogP contribution is 2.19. The number of aliphatic hydroxyl groups excluding tert-OH is 2. The lowest BCUT2D eigenvalue weighted by Gasteiger charge is -2.22. The van der Waals surface area contributed by atoms with Crippen LogP contribution in [-0.4, -0.2) is 47.4 Å². The van der Waals surface area contributed by atoms with Crippen LogP contribution in [0.15, 0.2) is 24.3 Å². The van der Waals surface area contributed by atoms with Crippen molar-refractivity contribution in [1.29, 1.82) is 0 Å². The first-order valence-electron chi connectivity index (χ1n) is 33.1. The van der Waals surface area contributed by atoms with E-state index in [0.29, 0.717) is 25.9 Å². The number of amides is 1. The van der Waals surface area contributed by atoms with E-state index in [1.54, 1.807) is 0 Å². The molecule has 6 nitrogen and oxygen atoms in total. The van der Waals surface area contributed by atoms with Gasteiger partial charge in [0.2, 0.25) is 5.91 Å². The van der Waals surface area contributed by atoms with Gasteiger partial charge in [0.15, 0.2) is 0 Å². The van der Waals surface area contributed by atoms with Crippen LogP contribution in [0.4, 0.5) is 0 Å². The summed E-state index contributed by atoms with van der Waals surface area (Å²) in [7, 11) is 0. The summed E-state index contributed by atoms with van der Waals surface area (Å²) in [6.07, 6.45) is 77.8. The summed E-state index contributed by atoms with van der Waals surface area (Å²) in [5, 5.41) is 23.4. The van der Waals surface area contributed by atoms with E-state index in [0.717, 1.165) is 51.4 Å². The van der Waals surface area contributed by atoms with Gasteiger partial charge in [0.1, 0.15) is 0 Å². The molecule has 432 valence electrons. The molecule has 0 rings (SSSR count). The zero-order chi connectivity index (χ0) is 52.9. The molecule has 0 aromatic rings. The fourth-order valence-corrected chi connectivity index (χ4v) is 10.4. The van der Waals surface area contributed by atoms with Crippen LogP contribution in [0.3, 0.4) is 0 Å². The highest BCUT2D eigenvalue weighted by atomic mass is 16.5. The standard InChI is InChI=1S/C67H129NO5/c1-3-5-7-9-11-13-15-17-18-19-29-32-36-39-43-47-51-55-59-65(70)64(63-69)68-66(71)60-56-52-48-44-40-37-33-30-27-25-23-21-20-22-24-26-28-31-34-38-42-46-50-54-58-62-73-67(72)61-57-53-49-45-41-35-16-14-12-10-8-6-4-2/h8,10,14,16,64-65,69-70H,3-7,9,11-13,15,17-63H2,1-2H3,(H,68,71)/b10-8-,16-14-. The van der Waals surface area contributed by atoms with Gasteiger partial charge in [-0.25, -0.2) is 0 Å². The molecule has 0 aromatic heterocycles. The molecular weight excluding hydrogens is 899 g/mol. The second-order valence-electron chi connectivity index (χ2n) is 22.8. The molecule has 2 unspecified atom stereocenters. The summed E-state index contributed by atoms with van der Waals surface area (Å²) in [6, 6.07) is -0.540. The average molecular weight is 1030 g/mol. The smallest absolute Gasteiger partial charge is 0.305 e. The Morgan fingerprint density at radius 3 is 1.10 bits per heavy atom. The van der Waals surface area contributed by atoms with Gasteiger partial charge in [-0.3, -0.25) is 9.59 Å². The lowest BCUT2D eigenvalue weighted by Crippen LogP contribution is -2.45. The Morgan fingerprint density at radius 2 is 0.712 bits per heavy atom. The Balaban J connectivity index is 3.36. The van der Waals surface area contributed by atoms with Crippen LogP contribution < -0.4 is 5.32 Å². The zero-order valence-corrected chi connectivity index (χ0v) is 49.4. The van der Waals surface area contributed by atoms with E-state index in [9.17, 15) is 19.8 Å². The number of unbranched alkanes of at least 4 members (excludes halogenated alkanes) is 47. The maximum atomic E-state index is 12.5. The van der Waals surface area contributed by atoms with Gasteiger partial charge in [0.05, 0.1) is 25.4 Å². The van der Waals surface area contributed by atoms with E-state index >= 15 is 0 Å². The van der Waals surface area contributed by atoms with Crippen molar-refractivity contribution in [2.75, 3.05) is 13.2 Å². The summed E-state index contributed by atoms with van der Waals surface area (Å²) >= 11 is 0. The highest BCUT2D eigenvalue weighted by Gasteiger charge is 2.20. The van der Waals surface area contributed by atoms with E-state index in [1.165, 1.54) is 283 Å². The third kappa shape index (κ3) is 59.4. The molecule has 0 aromatic carbocycles. The van der Waals surface area contributed by atoms with Gasteiger partial charge >= 0.3 is 5.97 Å². The van der Waals surface area contributed by atoms with E-state index in [4.69, 9.17) is 4.74 Å². The summed E-state index contributed by atoms with van der Waals surface area (Å²) in [4.78, 5) is 24.5. The molecule has 0 aliphatic heterocycles. The largest absolute Gasteiger partial charge is 0.466 e. The molecule has 0 spiro atoms. The van der Waals surface area contributed by atoms with Crippen LogP contribution in [0.1, 0.15) is 367 Å². The number of esters is 1. The Bertz CT molecular complexity index is 1140. The minimum atomic E-state index is -0.663. The van der Waals surface area contributed by atoms with Crippen LogP contribution in [-0.2, 0) is 14.3 Å². The van der Waals surface area contributed by atoms with Crippen LogP contribution in [0.2, 0.25) is 0 Å². The Kier molecular flexibility index (Phi) is 61.4. The van der Waals surface area contributed by atoms with Crippen LogP contribution in [0, 0.1) is 0 Å². The molecule has 3 N–H and O–H groups in total. The molecule has 0 aliphatic rings. The first-order valence-corrected chi connectivity index (χ1v) is 33.1. The normalized spacial score (nSPS) is 12.7. The Labute approximate surface area is 456 Å². The van der Waals surface area contributed by atoms with Gasteiger partial charge in [0, 0.05) is 12.8 Å². The van der Waals surface area contributed by atoms with Crippen LogP contribution in [0.5, 0.6) is 0 Å². The Morgan fingerprint density at radius 1 is 0.384 bits per heavy atom. The zero-order valence-electron chi connectivity index (χ0n) is 49.4. The number of hydrogen-bond donors (Lipinski definition) is 3. The summed E-state index contributed by atoms with van der Waals surface area (Å²) in [5.74, 6) is -0.0284. The third-order valence-electron chi connectivity index (χ3n) is 15.5. The number of ether oxygens (including phenoxy) is 1. The second kappa shape index (κ2) is 62.9. The van der Waals surface area contributed by atoms with E-state index in [-0.39, 0.29) is 18.5 Å². The van der Waals surface area contributed by atoms with Crippen molar-refractivity contribution in [2.45, 2.75) is 379 Å². The molecule has 0 heterocycles. The van der Waals surface area contributed by atoms with Crippen molar-refractivity contribution in [1.82, 2.24) is 5.32 Å². The first kappa shape index (κ1) is 71.3. The Hall–Kier alpha value is -1.66. The van der Waals surface area contributed by atoms with Crippen molar-refractivity contribution in [3.8, 4) is 0 Å². The maximum absolute atomic E-state index is 12.5. The van der Waals surface area contributed by atoms with E-state index in [2.05, 4.69) is 43.5 Å². The van der Waals surface area contributed by atoms with Crippen LogP contribution >= 0.6 is 0 Å². The minimum absolute atomic E-state index is 0.00156. The van der Waals surface area contributed by atoms with Gasteiger partial charge in [0.25, 0.3) is 0 Å². The number of allylic oxidation sites excluding steroid dienone is 4. The van der Waals surface area contributed by atoms with Gasteiger partial charge in [-0.15, -0.1) is 0 Å². The number of rotatable bonds is 62. The molecule has 0 radical (unpaired) electrons. The lowest BCUT2D eigenvalue weighted by atomic mass is 10.0. The topological polar surface area (TPSA) is 95.9 Å². The molecule has 6 heteroatoms. The van der Waals surface area contributed by atoms with Crippen molar-refractivity contribution < 1.29 is 24.5 Å². The fourth-order valence-electron chi connectivity index (χ4n) is 10.4. The molecule has 1 amide bonds. The molecule has 2 atom stereocenters. The molecule has 0 saturated heterocycles. The van der Waals surface area contributed by atoms with Gasteiger partial charge in [-0.1, -0.05) is 327 Å². The van der Waals surface area contributed by atoms with Gasteiger partial charge < -0.3 is 20.3 Å². The summed E-state index contributed by atoms with van der Waals surface area (Å²) in [5.41, 5.74) is 0. The first-order chi connectivity index (χ1) is 36.0. The molecular formula is C67H129NO5. The van der Waals surface area contributed by atoms with E-state index < -0.39 is 12.1 Å². The fraction of sp³-hybridized carbons (Fsp3) is 0.910. The quantitative estimate of drug-likeness (QED) is 0.0320. The SMILES string of the molecule is CCC/C=C\C/C=C\CCCCCCCC(=O)OCCCCCCCCCCCCCCCCCCCCCCCCCCCC(=O)NC(CO)C(O)CCCCCCCCCCCCCCCCCCCC. The number of hydrogen-bond acceptors (Lipinski definition) is 5. The summed E-state index contributed by atoms with van der Waals surface area (Å²) < 4.78 is 5.47. The van der Waals surface area contributed by atoms with E-state index in [1.807, 2.05) is 0 Å². The molecule has 0 aliphatic carbocycles. The predicted molar refractivity (Wildman–Crippen MR) is 320 cm³/mol. The maximum Gasteiger partial charge on any atom is 0.305 e. The van der Waals surface area contributed by atoms with Gasteiger partial charge in [-0.2, -0.15) is 0 Å². The van der Waals surface area contributed by atoms with Gasteiger partial charge in [-0.05, 0) is 51.4 Å². The summed E-state index contributed by atoms with van der Waals surface area (Å²) in [6.45, 7) is 4.91. The predicted octanol–water partition coefficient (Wildman–Crippen LogP) is 21.0. The number of aliphatic hydroxyl groups is 2. The monoisotopic (exact) mass is 1030 g/mol. The molecule has 73 heavy (non-hydrogen) atoms. The molecule has 0 fully saturated rings. The van der Waals surface area contributed by atoms with Crippen molar-refractivity contribution in [2.24, 2.45) is 0 Å². The lowest BCUT2D eigenvalue weighted by molar-refractivity contribution is -0.143. The molecule has 0 bridgehead atoms. The second-order valence-corrected chi connectivity index (χ2v) is 22.8. The molecule has 0 saturated carbocycles. The number of nitrogens with one attached hydrogen (secondary N) is 1. The van der Waals surface area contributed by atoms with Crippen molar-refractivity contribution in [3.63, 3.8) is 0 Å². The van der Waals surface area contributed by atoms with Crippen molar-refractivity contribution in [3.05, 3.63) is 24.3 Å². The minimum Gasteiger partial charge on any atom is -0.466 e. The number of carbonyl (C=O) groups is 2. The van der Waals surface area contributed by atoms with Crippen LogP contribution in [0.25, 0.3) is 0 Å². The van der Waals surface area contributed by atoms with Crippen molar-refractivity contribution >= 4 is 11.9 Å².